The predicted molar refractivity (Wildman–Crippen MR) is 461 cm³/mol. The van der Waals surface area contributed by atoms with Crippen molar-refractivity contribution in [2.24, 2.45) is 10.8 Å². The summed E-state index contributed by atoms with van der Waals surface area (Å²) in [6.45, 7) is 28.7. The van der Waals surface area contributed by atoms with Crippen molar-refractivity contribution in [2.75, 3.05) is 0 Å². The Kier molecular flexibility index (Phi) is 30.6. The molecule has 4 unspecified atom stereocenters. The number of pyridine rings is 1. The van der Waals surface area contributed by atoms with Crippen LogP contribution in [0, 0.1) is 29.0 Å². The Balaban J connectivity index is 0.000000169. The van der Waals surface area contributed by atoms with E-state index in [0.29, 0.717) is 12.8 Å². The van der Waals surface area contributed by atoms with Crippen molar-refractivity contribution in [1.82, 2.24) is 50.1 Å². The first-order valence-corrected chi connectivity index (χ1v) is 38.5. The molecule has 5 aromatic heterocycles. The van der Waals surface area contributed by atoms with E-state index in [1.54, 1.807) is 26.0 Å². The summed E-state index contributed by atoms with van der Waals surface area (Å²) in [7, 11) is 0. The Morgan fingerprint density at radius 2 is 0.729 bits per heavy atom. The molecule has 12 aromatic carbocycles. The van der Waals surface area contributed by atoms with E-state index in [2.05, 4.69) is 207 Å². The normalized spacial score (nSPS) is 12.7. The minimum absolute atomic E-state index is 0. The fourth-order valence-electron chi connectivity index (χ4n) is 13.2. The maximum atomic E-state index is 12.1. The molecule has 613 valence electrons. The molecule has 17 aromatic rings. The van der Waals surface area contributed by atoms with E-state index in [1.165, 1.54) is 55.7 Å². The molecule has 4 atom stereocenters. The number of hydrogen-bond acceptors (Lipinski definition) is 13. The number of nitrogens with zero attached hydrogens (tertiary/aromatic N) is 10. The molecular formula is C98H95F3Ir3N10O4-4. The van der Waals surface area contributed by atoms with E-state index in [-0.39, 0.29) is 106 Å². The van der Waals surface area contributed by atoms with Gasteiger partial charge in [0.25, 0.3) is 0 Å². The minimum atomic E-state index is -4.57. The molecule has 0 aliphatic heterocycles. The molecule has 118 heavy (non-hydrogen) atoms. The summed E-state index contributed by atoms with van der Waals surface area (Å²) in [5, 5.41) is 56.5. The molecule has 3 radical (unpaired) electrons. The van der Waals surface area contributed by atoms with Gasteiger partial charge in [-0.2, -0.15) is 13.2 Å². The Hall–Kier alpha value is -9.91. The maximum absolute atomic E-state index is 12.1. The largest absolute Gasteiger partial charge is 0.429 e. The molecule has 0 bridgehead atoms. The van der Waals surface area contributed by atoms with Crippen molar-refractivity contribution in [1.29, 1.82) is 0 Å². The second-order valence-electron chi connectivity index (χ2n) is 33.0. The fourth-order valence-corrected chi connectivity index (χ4v) is 13.2. The Bertz CT molecular complexity index is 5930. The molecule has 0 aliphatic carbocycles. The fraction of sp³-hybridized carbons (Fsp3) is 0.255. The van der Waals surface area contributed by atoms with Crippen LogP contribution in [0.25, 0.3) is 143 Å². The van der Waals surface area contributed by atoms with Gasteiger partial charge in [0.2, 0.25) is 0 Å². The van der Waals surface area contributed by atoms with E-state index in [9.17, 15) is 23.4 Å². The van der Waals surface area contributed by atoms with Crippen molar-refractivity contribution < 1.29 is 93.9 Å². The van der Waals surface area contributed by atoms with Crippen LogP contribution in [0.15, 0.2) is 249 Å². The van der Waals surface area contributed by atoms with E-state index in [4.69, 9.17) is 40.1 Å². The Morgan fingerprint density at radius 3 is 1.09 bits per heavy atom. The first-order chi connectivity index (χ1) is 54.7. The van der Waals surface area contributed by atoms with Crippen LogP contribution in [-0.4, -0.2) is 89.8 Å². The van der Waals surface area contributed by atoms with E-state index in [1.807, 2.05) is 139 Å². The Labute approximate surface area is 727 Å². The molecule has 4 N–H and O–H groups in total. The summed E-state index contributed by atoms with van der Waals surface area (Å²) in [5.74, 6) is -1.37. The molecule has 0 aliphatic rings. The Morgan fingerprint density at radius 1 is 0.356 bits per heavy atom. The molecule has 0 amide bonds. The van der Waals surface area contributed by atoms with Crippen molar-refractivity contribution in [3.63, 3.8) is 0 Å². The number of alkyl halides is 3. The monoisotopic (exact) mass is 2110 g/mol. The molecule has 0 fully saturated rings. The second-order valence-corrected chi connectivity index (χ2v) is 33.0. The van der Waals surface area contributed by atoms with Gasteiger partial charge in [0.15, 0.2) is 0 Å². The summed E-state index contributed by atoms with van der Waals surface area (Å²) in [6, 6.07) is 85.8. The van der Waals surface area contributed by atoms with Crippen LogP contribution in [-0.2, 0) is 77.3 Å². The summed E-state index contributed by atoms with van der Waals surface area (Å²) in [6.07, 6.45) is 1.76. The first kappa shape index (κ1) is 92.0. The molecule has 20 heteroatoms. The third kappa shape index (κ3) is 22.1. The van der Waals surface area contributed by atoms with Crippen LogP contribution in [0.3, 0.4) is 0 Å². The van der Waals surface area contributed by atoms with Crippen LogP contribution in [0.4, 0.5) is 13.2 Å². The number of aromatic nitrogens is 10. The smallest absolute Gasteiger partial charge is 0.413 e. The quantitative estimate of drug-likeness (QED) is 0.0824. The average molecular weight is 2110 g/mol. The van der Waals surface area contributed by atoms with E-state index >= 15 is 0 Å². The number of fused-ring (bicyclic) bond motifs is 18. The molecule has 5 heterocycles. The summed E-state index contributed by atoms with van der Waals surface area (Å²) in [4.78, 5) is 36.4. The van der Waals surface area contributed by atoms with Gasteiger partial charge in [0, 0.05) is 125 Å². The van der Waals surface area contributed by atoms with Crippen molar-refractivity contribution in [3.8, 4) is 45.3 Å². The zero-order valence-corrected chi connectivity index (χ0v) is 75.5. The average Bonchev–Trinajstić information content (AvgIpc) is 0.918. The van der Waals surface area contributed by atoms with Gasteiger partial charge in [0.05, 0.1) is 63.7 Å². The predicted octanol–water partition coefficient (Wildman–Crippen LogP) is 22.6. The van der Waals surface area contributed by atoms with Gasteiger partial charge < -0.3 is 45.5 Å². The van der Waals surface area contributed by atoms with Crippen LogP contribution < -0.4 is 5.10 Å². The number of aliphatic hydroxyl groups is 4. The van der Waals surface area contributed by atoms with Crippen LogP contribution >= 0.6 is 0 Å². The van der Waals surface area contributed by atoms with Gasteiger partial charge in [0.1, 0.15) is 5.82 Å². The first-order valence-electron chi connectivity index (χ1n) is 38.5. The summed E-state index contributed by atoms with van der Waals surface area (Å²) >= 11 is 0. The SMILES string of the molecule is CC(C)(C)C(O)CC(O)C(C)(C)C.CC(C)(C)c1c[c-]c2c(c1)c1cc(C(C)(C)C)ccc1c1nc(-c3ccccc3)cnc21.CC(O)CC(C)O.FC(F)(F)c1n[n-]c(-c2ccccn2)n1.[Ir].[Ir].[Ir].[c-]1cccc2c1c1ncc(-c3ccccc3)nc1c1ccccc21.[c-]1cccc2c1c1ncc(-c3ccccc3)nc1c1ccccc21. The number of halogens is 3. The molecule has 14 nitrogen and oxygen atoms in total. The zero-order valence-electron chi connectivity index (χ0n) is 68.3. The van der Waals surface area contributed by atoms with Gasteiger partial charge in [-0.25, -0.2) is 0 Å². The zero-order chi connectivity index (χ0) is 82.2. The van der Waals surface area contributed by atoms with Crippen LogP contribution in [0.2, 0.25) is 0 Å². The third-order valence-corrected chi connectivity index (χ3v) is 19.9. The molecule has 0 spiro atoms. The van der Waals surface area contributed by atoms with Crippen LogP contribution in [0.1, 0.15) is 127 Å². The van der Waals surface area contributed by atoms with E-state index in [0.717, 1.165) is 99.2 Å². The number of aliphatic hydroxyl groups excluding tert-OH is 4. The van der Waals surface area contributed by atoms with Gasteiger partial charge in [-0.15, -0.1) is 88.5 Å². The van der Waals surface area contributed by atoms with Gasteiger partial charge in [-0.05, 0) is 81.6 Å². The van der Waals surface area contributed by atoms with Crippen molar-refractivity contribution in [2.45, 2.75) is 151 Å². The van der Waals surface area contributed by atoms with Crippen molar-refractivity contribution in [3.05, 3.63) is 284 Å². The molecule has 0 saturated heterocycles. The second kappa shape index (κ2) is 39.3. The molecule has 0 saturated carbocycles. The number of rotatable bonds is 8. The number of hydrogen-bond donors (Lipinski definition) is 4. The summed E-state index contributed by atoms with van der Waals surface area (Å²) < 4.78 is 36.4. The molecular weight excluding hydrogens is 2010 g/mol. The van der Waals surface area contributed by atoms with E-state index < -0.39 is 24.2 Å². The van der Waals surface area contributed by atoms with Crippen LogP contribution in [0.5, 0.6) is 0 Å². The topological polar surface area (TPSA) is 211 Å². The minimum Gasteiger partial charge on any atom is -0.413 e. The van der Waals surface area contributed by atoms with Gasteiger partial charge in [-0.3, -0.25) is 25.0 Å². The van der Waals surface area contributed by atoms with Crippen molar-refractivity contribution >= 4 is 97.7 Å². The third-order valence-electron chi connectivity index (χ3n) is 19.9. The summed E-state index contributed by atoms with van der Waals surface area (Å²) in [5.41, 5.74) is 14.1. The molecule has 17 rings (SSSR count). The standard InChI is InChI=1S/C30H29N2.2C22H13N2.C11H24O2.C8H4F3N4.C5H12O2.3Ir/c1-29(2,3)20-12-14-22-24(16-20)25-17-21(30(4,5)6)13-15-23(25)28-27(22)31-18-26(32-28)19-10-8-7-9-11-19;2*1-2-8-15(9-3-1)20-14-23-21-18-12-6-4-10-16(18)17-11-5-7-13-19(17)22(21)24-20;1-10(2,3)8(12)7-9(13)11(4,5)6;9-8(10,11)7-13-6(14-15-7)5-3-1-2-4-12-5;1-4(6)3-5(2)7;;;/h7-13,15-18H,1-6H3;2*1-11,13-14H;8-9,12-13H,7H2,1-6H3;1-4H;4-7H,3H2,1-2H3;;;/q3*-1;;-1;;;;. The van der Waals surface area contributed by atoms with Gasteiger partial charge in [-0.1, -0.05) is 279 Å². The maximum Gasteiger partial charge on any atom is 0.429 e. The van der Waals surface area contributed by atoms with Gasteiger partial charge >= 0.3 is 6.18 Å². The number of benzene rings is 12.